The quantitative estimate of drug-likeness (QED) is 0.634. The van der Waals surface area contributed by atoms with Crippen molar-refractivity contribution in [2.45, 2.75) is 5.16 Å². The number of methoxy groups -OCH3 is 1. The third-order valence-electron chi connectivity index (χ3n) is 2.35. The molecule has 1 aromatic carbocycles. The Kier molecular flexibility index (Phi) is 4.31. The number of rotatable bonds is 5. The maximum atomic E-state index is 10.8. The van der Waals surface area contributed by atoms with Crippen molar-refractivity contribution in [3.05, 3.63) is 23.1 Å². The first-order chi connectivity index (χ1) is 9.63. The largest absolute Gasteiger partial charge is 0.507 e. The minimum Gasteiger partial charge on any atom is -0.507 e. The Morgan fingerprint density at radius 2 is 2.35 bits per heavy atom. The summed E-state index contributed by atoms with van der Waals surface area (Å²) in [6.45, 7) is 0. The van der Waals surface area contributed by atoms with Crippen LogP contribution < -0.4 is 4.74 Å². The number of carbonyl (C=O) groups excluding carboxylic acids is 1. The van der Waals surface area contributed by atoms with Gasteiger partial charge in [0.05, 0.1) is 18.4 Å². The number of nitrogens with one attached hydrogen (secondary N) is 1. The normalized spacial score (nSPS) is 10.2. The van der Waals surface area contributed by atoms with Crippen LogP contribution in [0.5, 0.6) is 11.5 Å². The van der Waals surface area contributed by atoms with Crippen LogP contribution in [-0.2, 0) is 4.79 Å². The predicted octanol–water partition coefficient (Wildman–Crippen LogP) is 1.57. The van der Waals surface area contributed by atoms with Crippen LogP contribution >= 0.6 is 11.8 Å². The number of amides is 1. The first-order valence-electron chi connectivity index (χ1n) is 5.43. The number of hydrogen-bond donors (Lipinski definition) is 2. The van der Waals surface area contributed by atoms with Crippen LogP contribution in [0.1, 0.15) is 0 Å². The highest BCUT2D eigenvalue weighted by molar-refractivity contribution is 7.99. The molecule has 0 saturated heterocycles. The fourth-order valence-electron chi connectivity index (χ4n) is 1.42. The second-order valence-electron chi connectivity index (χ2n) is 3.62. The van der Waals surface area contributed by atoms with E-state index < -0.39 is 5.91 Å². The average Bonchev–Trinajstić information content (AvgIpc) is 2.93. The van der Waals surface area contributed by atoms with Crippen LogP contribution in [0, 0.1) is 4.91 Å². The van der Waals surface area contributed by atoms with Crippen LogP contribution in [0.2, 0.25) is 0 Å². The number of phenols is 1. The molecule has 0 radical (unpaired) electrons. The predicted molar refractivity (Wildman–Crippen MR) is 71.6 cm³/mol. The van der Waals surface area contributed by atoms with Crippen LogP contribution in [0.3, 0.4) is 0 Å². The summed E-state index contributed by atoms with van der Waals surface area (Å²) >= 11 is 0.979. The molecule has 1 amide bonds. The van der Waals surface area contributed by atoms with E-state index in [1.165, 1.54) is 13.2 Å². The molecule has 0 bridgehead atoms. The Hall–Kier alpha value is -2.42. The monoisotopic (exact) mass is 294 g/mol. The highest BCUT2D eigenvalue weighted by Gasteiger charge is 2.12. The summed E-state index contributed by atoms with van der Waals surface area (Å²) in [6, 6.07) is 4.75. The first-order valence-corrected chi connectivity index (χ1v) is 6.41. The molecular formula is C11H10N4O4S. The number of aromatic hydroxyl groups is 1. The summed E-state index contributed by atoms with van der Waals surface area (Å²) in [6.07, 6.45) is 0. The molecular weight excluding hydrogens is 284 g/mol. The van der Waals surface area contributed by atoms with E-state index in [4.69, 9.17) is 4.74 Å². The summed E-state index contributed by atoms with van der Waals surface area (Å²) in [5.74, 6) is -0.0615. The Labute approximate surface area is 117 Å². The molecule has 0 aliphatic heterocycles. The maximum absolute atomic E-state index is 10.8. The Morgan fingerprint density at radius 3 is 3.00 bits per heavy atom. The zero-order chi connectivity index (χ0) is 14.5. The molecule has 1 aromatic heterocycles. The van der Waals surface area contributed by atoms with E-state index in [0.29, 0.717) is 17.1 Å². The van der Waals surface area contributed by atoms with Crippen molar-refractivity contribution >= 4 is 17.7 Å². The molecule has 2 rings (SSSR count). The van der Waals surface area contributed by atoms with Gasteiger partial charge in [0.2, 0.25) is 5.16 Å². The van der Waals surface area contributed by atoms with Crippen molar-refractivity contribution < 1.29 is 14.6 Å². The van der Waals surface area contributed by atoms with E-state index in [2.05, 4.69) is 20.4 Å². The molecule has 0 aliphatic rings. The van der Waals surface area contributed by atoms with Crippen molar-refractivity contribution in [3.8, 4) is 22.9 Å². The van der Waals surface area contributed by atoms with Crippen molar-refractivity contribution in [3.63, 3.8) is 0 Å². The fraction of sp³-hybridized carbons (Fsp3) is 0.182. The molecule has 0 fully saturated rings. The number of aromatic nitrogens is 3. The van der Waals surface area contributed by atoms with E-state index in [1.807, 2.05) is 0 Å². The molecule has 0 saturated carbocycles. The van der Waals surface area contributed by atoms with Gasteiger partial charge in [-0.2, -0.15) is 0 Å². The van der Waals surface area contributed by atoms with Gasteiger partial charge in [0.15, 0.2) is 5.82 Å². The molecule has 0 aliphatic carbocycles. The standard InChI is InChI=1S/C11H10N4O4S/c1-19-6-2-3-7(8(16)4-6)10-12-11(14-13-10)20-5-9(17)15-18/h2-4,16H,5H2,1H3,(H,12,13,14). The van der Waals surface area contributed by atoms with Gasteiger partial charge in [-0.05, 0) is 12.1 Å². The topological polar surface area (TPSA) is 118 Å². The lowest BCUT2D eigenvalue weighted by atomic mass is 10.2. The number of benzene rings is 1. The van der Waals surface area contributed by atoms with Gasteiger partial charge in [-0.1, -0.05) is 11.8 Å². The number of phenolic OH excluding ortho intramolecular Hbond substituents is 1. The number of thioether (sulfide) groups is 1. The number of hydrogen-bond acceptors (Lipinski definition) is 7. The Bertz CT molecular complexity index is 643. The average molecular weight is 294 g/mol. The molecule has 8 nitrogen and oxygen atoms in total. The van der Waals surface area contributed by atoms with E-state index in [1.54, 1.807) is 12.1 Å². The molecule has 0 unspecified atom stereocenters. The SMILES string of the molecule is COc1ccc(-c2nc(SCC(=O)N=O)n[nH]2)c(O)c1. The molecule has 0 atom stereocenters. The highest BCUT2D eigenvalue weighted by Crippen LogP contribution is 2.30. The lowest BCUT2D eigenvalue weighted by Crippen LogP contribution is -1.95. The lowest BCUT2D eigenvalue weighted by Gasteiger charge is -2.03. The van der Waals surface area contributed by atoms with E-state index >= 15 is 0 Å². The zero-order valence-corrected chi connectivity index (χ0v) is 11.2. The van der Waals surface area contributed by atoms with Crippen LogP contribution in [0.15, 0.2) is 28.5 Å². The number of nitroso groups, excluding NO2 is 1. The van der Waals surface area contributed by atoms with Crippen LogP contribution in [0.25, 0.3) is 11.4 Å². The van der Waals surface area contributed by atoms with Gasteiger partial charge in [0.1, 0.15) is 11.5 Å². The summed E-state index contributed by atoms with van der Waals surface area (Å²) < 4.78 is 4.98. The third-order valence-corrected chi connectivity index (χ3v) is 3.18. The number of H-pyrrole nitrogens is 1. The summed E-state index contributed by atoms with van der Waals surface area (Å²) in [5.41, 5.74) is 0.449. The van der Waals surface area contributed by atoms with Crippen LogP contribution in [0.4, 0.5) is 0 Å². The van der Waals surface area contributed by atoms with Gasteiger partial charge in [-0.3, -0.25) is 9.89 Å². The van der Waals surface area contributed by atoms with Crippen LogP contribution in [-0.4, -0.2) is 39.1 Å². The highest BCUT2D eigenvalue weighted by atomic mass is 32.2. The van der Waals surface area contributed by atoms with Gasteiger partial charge < -0.3 is 9.84 Å². The molecule has 104 valence electrons. The third kappa shape index (κ3) is 3.12. The molecule has 20 heavy (non-hydrogen) atoms. The number of nitrogens with zero attached hydrogens (tertiary/aromatic N) is 3. The minimum absolute atomic E-state index is 0.0114. The number of carbonyl (C=O) groups is 1. The lowest BCUT2D eigenvalue weighted by molar-refractivity contribution is -0.115. The van der Waals surface area contributed by atoms with Gasteiger partial charge in [0, 0.05) is 11.2 Å². The van der Waals surface area contributed by atoms with E-state index in [9.17, 15) is 14.8 Å². The summed E-state index contributed by atoms with van der Waals surface area (Å²) in [4.78, 5) is 24.8. The Morgan fingerprint density at radius 1 is 1.55 bits per heavy atom. The van der Waals surface area contributed by atoms with Gasteiger partial charge >= 0.3 is 0 Å². The zero-order valence-electron chi connectivity index (χ0n) is 10.4. The van der Waals surface area contributed by atoms with Gasteiger partial charge in [-0.25, -0.2) is 4.98 Å². The Balaban J connectivity index is 2.16. The van der Waals surface area contributed by atoms with Crippen molar-refractivity contribution in [2.75, 3.05) is 12.9 Å². The molecule has 2 aromatic rings. The maximum Gasteiger partial charge on any atom is 0.296 e. The van der Waals surface area contributed by atoms with E-state index in [-0.39, 0.29) is 16.7 Å². The van der Waals surface area contributed by atoms with Crippen molar-refractivity contribution in [2.24, 2.45) is 5.18 Å². The fourth-order valence-corrected chi connectivity index (χ4v) is 1.99. The summed E-state index contributed by atoms with van der Waals surface area (Å²) in [5, 5.41) is 18.9. The molecule has 0 spiro atoms. The number of ether oxygens (including phenoxy) is 1. The van der Waals surface area contributed by atoms with Gasteiger partial charge in [-0.15, -0.1) is 10.0 Å². The van der Waals surface area contributed by atoms with E-state index in [0.717, 1.165) is 11.8 Å². The molecule has 2 N–H and O–H groups in total. The van der Waals surface area contributed by atoms with Crippen molar-refractivity contribution in [1.29, 1.82) is 0 Å². The molecule has 9 heteroatoms. The summed E-state index contributed by atoms with van der Waals surface area (Å²) in [7, 11) is 1.50. The second kappa shape index (κ2) is 6.15. The number of aromatic amines is 1. The van der Waals surface area contributed by atoms with Crippen molar-refractivity contribution in [1.82, 2.24) is 15.2 Å². The first kappa shape index (κ1) is 14.0. The molecule has 1 heterocycles. The second-order valence-corrected chi connectivity index (χ2v) is 4.57. The smallest absolute Gasteiger partial charge is 0.296 e. The minimum atomic E-state index is -0.784. The van der Waals surface area contributed by atoms with Gasteiger partial charge in [0.25, 0.3) is 5.91 Å².